The molecule has 138 valence electrons. The zero-order valence-corrected chi connectivity index (χ0v) is 15.9. The van der Waals surface area contributed by atoms with Gasteiger partial charge in [-0.25, -0.2) is 9.67 Å². The number of pyridine rings is 1. The molecule has 0 spiro atoms. The first-order chi connectivity index (χ1) is 12.4. The molecule has 3 aromatic heterocycles. The number of amides is 1. The van der Waals surface area contributed by atoms with Crippen molar-refractivity contribution in [2.75, 3.05) is 20.6 Å². The van der Waals surface area contributed by atoms with E-state index in [1.807, 2.05) is 48.8 Å². The Hall–Kier alpha value is -2.67. The molecule has 0 aliphatic rings. The normalized spacial score (nSPS) is 12.9. The summed E-state index contributed by atoms with van der Waals surface area (Å²) in [5, 5.41) is 8.23. The number of rotatable bonds is 6. The number of nitrogens with one attached hydrogen (secondary N) is 1. The average molecular weight is 355 g/mol. The lowest BCUT2D eigenvalue weighted by atomic mass is 10.1. The first-order valence-electron chi connectivity index (χ1n) is 8.71. The van der Waals surface area contributed by atoms with Crippen LogP contribution in [0.4, 0.5) is 0 Å². The largest absolute Gasteiger partial charge is 0.468 e. The summed E-state index contributed by atoms with van der Waals surface area (Å²) in [4.78, 5) is 19.3. The first-order valence-corrected chi connectivity index (χ1v) is 8.71. The standard InChI is InChI=1S/C19H25N5O2/c1-12(2)24-18-14(10-21-24)9-15(13(3)22-18)19(25)20-11-16(23(4)5)17-7-6-8-26-17/h6-10,12,16H,11H2,1-5H3,(H,20,25). The van der Waals surface area contributed by atoms with Crippen LogP contribution >= 0.6 is 0 Å². The van der Waals surface area contributed by atoms with Gasteiger partial charge in [-0.3, -0.25) is 9.69 Å². The van der Waals surface area contributed by atoms with E-state index in [-0.39, 0.29) is 18.0 Å². The van der Waals surface area contributed by atoms with Crippen LogP contribution in [0.3, 0.4) is 0 Å². The molecule has 0 saturated carbocycles. The van der Waals surface area contributed by atoms with E-state index in [4.69, 9.17) is 4.42 Å². The van der Waals surface area contributed by atoms with Crippen LogP contribution in [0.25, 0.3) is 11.0 Å². The third-order valence-electron chi connectivity index (χ3n) is 4.44. The lowest BCUT2D eigenvalue weighted by Gasteiger charge is -2.22. The number of hydrogen-bond acceptors (Lipinski definition) is 5. The molecule has 3 rings (SSSR count). The molecule has 0 radical (unpaired) electrons. The lowest BCUT2D eigenvalue weighted by Crippen LogP contribution is -2.34. The molecule has 7 nitrogen and oxygen atoms in total. The van der Waals surface area contributed by atoms with E-state index in [0.717, 1.165) is 16.8 Å². The highest BCUT2D eigenvalue weighted by Gasteiger charge is 2.20. The molecule has 3 heterocycles. The second kappa shape index (κ2) is 7.29. The Bertz CT molecular complexity index is 896. The van der Waals surface area contributed by atoms with Crippen molar-refractivity contribution in [1.82, 2.24) is 25.0 Å². The number of furan rings is 1. The van der Waals surface area contributed by atoms with Crippen molar-refractivity contribution >= 4 is 16.9 Å². The van der Waals surface area contributed by atoms with Crippen LogP contribution in [0, 0.1) is 6.92 Å². The number of nitrogens with zero attached hydrogens (tertiary/aromatic N) is 4. The van der Waals surface area contributed by atoms with Gasteiger partial charge in [-0.2, -0.15) is 5.10 Å². The molecular formula is C19H25N5O2. The number of hydrogen-bond donors (Lipinski definition) is 1. The molecule has 1 atom stereocenters. The molecule has 0 fully saturated rings. The van der Waals surface area contributed by atoms with Gasteiger partial charge in [0, 0.05) is 18.0 Å². The Morgan fingerprint density at radius 2 is 2.15 bits per heavy atom. The molecule has 1 unspecified atom stereocenters. The molecule has 3 aromatic rings. The fourth-order valence-electron chi connectivity index (χ4n) is 2.98. The monoisotopic (exact) mass is 355 g/mol. The Morgan fingerprint density at radius 1 is 1.38 bits per heavy atom. The number of likely N-dealkylation sites (N-methyl/N-ethyl adjacent to an activating group) is 1. The second-order valence-electron chi connectivity index (χ2n) is 6.92. The summed E-state index contributed by atoms with van der Waals surface area (Å²) in [7, 11) is 3.91. The van der Waals surface area contributed by atoms with Crippen LogP contribution in [-0.2, 0) is 0 Å². The van der Waals surface area contributed by atoms with Crippen molar-refractivity contribution < 1.29 is 9.21 Å². The van der Waals surface area contributed by atoms with Crippen molar-refractivity contribution in [3.05, 3.63) is 47.7 Å². The Labute approximate surface area is 153 Å². The topological polar surface area (TPSA) is 76.2 Å². The summed E-state index contributed by atoms with van der Waals surface area (Å²) >= 11 is 0. The van der Waals surface area contributed by atoms with E-state index in [1.165, 1.54) is 0 Å². The van der Waals surface area contributed by atoms with Crippen molar-refractivity contribution in [2.45, 2.75) is 32.9 Å². The van der Waals surface area contributed by atoms with Crippen molar-refractivity contribution in [1.29, 1.82) is 0 Å². The summed E-state index contributed by atoms with van der Waals surface area (Å²) in [6.07, 6.45) is 3.39. The Balaban J connectivity index is 1.80. The number of fused-ring (bicyclic) bond motifs is 1. The summed E-state index contributed by atoms with van der Waals surface area (Å²) < 4.78 is 7.35. The van der Waals surface area contributed by atoms with E-state index in [9.17, 15) is 4.79 Å². The van der Waals surface area contributed by atoms with Crippen LogP contribution in [0.15, 0.2) is 35.1 Å². The maximum atomic E-state index is 12.7. The quantitative estimate of drug-likeness (QED) is 0.736. The Morgan fingerprint density at radius 3 is 2.77 bits per heavy atom. The molecular weight excluding hydrogens is 330 g/mol. The van der Waals surface area contributed by atoms with Gasteiger partial charge >= 0.3 is 0 Å². The van der Waals surface area contributed by atoms with Crippen LogP contribution < -0.4 is 5.32 Å². The van der Waals surface area contributed by atoms with Gasteiger partial charge in [0.05, 0.1) is 29.8 Å². The maximum absolute atomic E-state index is 12.7. The molecule has 1 N–H and O–H groups in total. The third kappa shape index (κ3) is 3.48. The Kier molecular flexibility index (Phi) is 5.08. The molecule has 7 heteroatoms. The van der Waals surface area contributed by atoms with Crippen LogP contribution in [-0.4, -0.2) is 46.2 Å². The molecule has 26 heavy (non-hydrogen) atoms. The van der Waals surface area contributed by atoms with Crippen LogP contribution in [0.2, 0.25) is 0 Å². The SMILES string of the molecule is Cc1nc2c(cnn2C(C)C)cc1C(=O)NCC(c1ccco1)N(C)C. The average Bonchev–Trinajstić information content (AvgIpc) is 3.23. The smallest absolute Gasteiger partial charge is 0.253 e. The van der Waals surface area contributed by atoms with Gasteiger partial charge in [0.1, 0.15) is 5.76 Å². The van der Waals surface area contributed by atoms with E-state index in [0.29, 0.717) is 17.8 Å². The minimum atomic E-state index is -0.146. The number of aromatic nitrogens is 3. The maximum Gasteiger partial charge on any atom is 0.253 e. The summed E-state index contributed by atoms with van der Waals surface area (Å²) in [5.41, 5.74) is 2.06. The molecule has 0 bridgehead atoms. The van der Waals surface area contributed by atoms with Crippen molar-refractivity contribution in [3.8, 4) is 0 Å². The minimum absolute atomic E-state index is 0.0327. The van der Waals surface area contributed by atoms with Gasteiger partial charge in [0.2, 0.25) is 0 Å². The molecule has 0 aliphatic carbocycles. The molecule has 0 aromatic carbocycles. The number of carbonyl (C=O) groups is 1. The fourth-order valence-corrected chi connectivity index (χ4v) is 2.98. The predicted octanol–water partition coefficient (Wildman–Crippen LogP) is 2.95. The van der Waals surface area contributed by atoms with E-state index in [1.54, 1.807) is 12.5 Å². The number of aryl methyl sites for hydroxylation is 1. The van der Waals surface area contributed by atoms with E-state index < -0.39 is 0 Å². The van der Waals surface area contributed by atoms with Crippen molar-refractivity contribution in [3.63, 3.8) is 0 Å². The highest BCUT2D eigenvalue weighted by Crippen LogP contribution is 2.20. The molecule has 0 saturated heterocycles. The molecule has 0 aliphatic heterocycles. The third-order valence-corrected chi connectivity index (χ3v) is 4.44. The highest BCUT2D eigenvalue weighted by molar-refractivity contribution is 5.98. The summed E-state index contributed by atoms with van der Waals surface area (Å²) in [6, 6.07) is 5.80. The summed E-state index contributed by atoms with van der Waals surface area (Å²) in [6.45, 7) is 6.41. The lowest BCUT2D eigenvalue weighted by molar-refractivity contribution is 0.0938. The van der Waals surface area contributed by atoms with Gasteiger partial charge in [-0.1, -0.05) is 0 Å². The summed E-state index contributed by atoms with van der Waals surface area (Å²) in [5.74, 6) is 0.673. The van der Waals surface area contributed by atoms with E-state index >= 15 is 0 Å². The number of carbonyl (C=O) groups excluding carboxylic acids is 1. The van der Waals surface area contributed by atoms with Crippen LogP contribution in [0.1, 0.15) is 47.7 Å². The van der Waals surface area contributed by atoms with Gasteiger partial charge in [-0.05, 0) is 53.1 Å². The zero-order valence-electron chi connectivity index (χ0n) is 15.9. The molecule has 1 amide bonds. The zero-order chi connectivity index (χ0) is 18.8. The highest BCUT2D eigenvalue weighted by atomic mass is 16.3. The van der Waals surface area contributed by atoms with Gasteiger partial charge in [-0.15, -0.1) is 0 Å². The predicted molar refractivity (Wildman–Crippen MR) is 100 cm³/mol. The van der Waals surface area contributed by atoms with Crippen LogP contribution in [0.5, 0.6) is 0 Å². The first kappa shape index (κ1) is 18.1. The minimum Gasteiger partial charge on any atom is -0.468 e. The second-order valence-corrected chi connectivity index (χ2v) is 6.92. The van der Waals surface area contributed by atoms with Gasteiger partial charge in [0.25, 0.3) is 5.91 Å². The fraction of sp³-hybridized carbons (Fsp3) is 0.421. The van der Waals surface area contributed by atoms with Crippen molar-refractivity contribution in [2.24, 2.45) is 0 Å². The van der Waals surface area contributed by atoms with Gasteiger partial charge in [0.15, 0.2) is 5.65 Å². The van der Waals surface area contributed by atoms with E-state index in [2.05, 4.69) is 29.2 Å². The van der Waals surface area contributed by atoms with Gasteiger partial charge < -0.3 is 9.73 Å².